The predicted octanol–water partition coefficient (Wildman–Crippen LogP) is 1.58. The van der Waals surface area contributed by atoms with Crippen LogP contribution in [0.25, 0.3) is 0 Å². The third kappa shape index (κ3) is 6.10. The summed E-state index contributed by atoms with van der Waals surface area (Å²) in [7, 11) is 0. The maximum Gasteiger partial charge on any atom is 0.338 e. The SMILES string of the molecule is CCOC(=O)[C@H]1O[C@@H]1C(=O)N[C@H](C(=O)N1CCC[C@H]1C(=O)OCc1ccccc1)[C@@H](C)CC. The number of hydrogen-bond donors (Lipinski definition) is 1. The number of nitrogens with zero attached hydrogens (tertiary/aromatic N) is 1. The Morgan fingerprint density at radius 1 is 1.09 bits per heavy atom. The van der Waals surface area contributed by atoms with Crippen LogP contribution >= 0.6 is 0 Å². The van der Waals surface area contributed by atoms with E-state index in [1.165, 1.54) is 4.90 Å². The van der Waals surface area contributed by atoms with E-state index in [4.69, 9.17) is 14.2 Å². The number of likely N-dealkylation sites (tertiary alicyclic amines) is 1. The summed E-state index contributed by atoms with van der Waals surface area (Å²) >= 11 is 0. The number of amides is 2. The highest BCUT2D eigenvalue weighted by Gasteiger charge is 2.52. The number of rotatable bonds is 10. The molecular weight excluding hydrogens is 428 g/mol. The van der Waals surface area contributed by atoms with E-state index in [1.807, 2.05) is 44.2 Å². The Balaban J connectivity index is 1.62. The first-order chi connectivity index (χ1) is 15.9. The molecule has 9 heteroatoms. The highest BCUT2D eigenvalue weighted by atomic mass is 16.6. The first-order valence-electron chi connectivity index (χ1n) is 11.5. The molecule has 2 aliphatic rings. The molecule has 0 unspecified atom stereocenters. The molecule has 0 spiro atoms. The molecule has 2 heterocycles. The second-order valence-electron chi connectivity index (χ2n) is 8.38. The molecule has 0 aromatic heterocycles. The largest absolute Gasteiger partial charge is 0.464 e. The molecule has 2 aliphatic heterocycles. The first kappa shape index (κ1) is 24.7. The second kappa shape index (κ2) is 11.3. The summed E-state index contributed by atoms with van der Waals surface area (Å²) in [4.78, 5) is 52.1. The maximum atomic E-state index is 13.4. The van der Waals surface area contributed by atoms with Gasteiger partial charge in [0.1, 0.15) is 18.7 Å². The lowest BCUT2D eigenvalue weighted by molar-refractivity contribution is -0.155. The zero-order chi connectivity index (χ0) is 24.0. The fourth-order valence-electron chi connectivity index (χ4n) is 3.91. The van der Waals surface area contributed by atoms with Crippen LogP contribution in [0, 0.1) is 5.92 Å². The van der Waals surface area contributed by atoms with Crippen LogP contribution in [-0.2, 0) is 40.0 Å². The Kier molecular flexibility index (Phi) is 8.43. The molecule has 2 saturated heterocycles. The third-order valence-corrected chi connectivity index (χ3v) is 6.08. The van der Waals surface area contributed by atoms with Crippen LogP contribution in [0.5, 0.6) is 0 Å². The summed E-state index contributed by atoms with van der Waals surface area (Å²) in [6, 6.07) is 7.82. The van der Waals surface area contributed by atoms with Gasteiger partial charge in [-0.3, -0.25) is 9.59 Å². The van der Waals surface area contributed by atoms with E-state index in [0.29, 0.717) is 25.8 Å². The van der Waals surface area contributed by atoms with E-state index in [0.717, 1.165) is 5.56 Å². The van der Waals surface area contributed by atoms with Crippen molar-refractivity contribution in [3.8, 4) is 0 Å². The molecule has 0 saturated carbocycles. The van der Waals surface area contributed by atoms with Gasteiger partial charge < -0.3 is 24.4 Å². The number of hydrogen-bond acceptors (Lipinski definition) is 7. The van der Waals surface area contributed by atoms with Gasteiger partial charge in [0, 0.05) is 6.54 Å². The smallest absolute Gasteiger partial charge is 0.338 e. The Labute approximate surface area is 193 Å². The summed E-state index contributed by atoms with van der Waals surface area (Å²) in [5.41, 5.74) is 0.868. The van der Waals surface area contributed by atoms with Gasteiger partial charge in [0.25, 0.3) is 5.91 Å². The van der Waals surface area contributed by atoms with E-state index >= 15 is 0 Å². The van der Waals surface area contributed by atoms with Gasteiger partial charge >= 0.3 is 11.9 Å². The topological polar surface area (TPSA) is 115 Å². The fraction of sp³-hybridized carbons (Fsp3) is 0.583. The Bertz CT molecular complexity index is 860. The average molecular weight is 461 g/mol. The molecule has 180 valence electrons. The number of nitrogens with one attached hydrogen (secondary N) is 1. The molecule has 0 aliphatic carbocycles. The van der Waals surface area contributed by atoms with E-state index in [-0.39, 0.29) is 25.0 Å². The first-order valence-corrected chi connectivity index (χ1v) is 11.5. The van der Waals surface area contributed by atoms with E-state index in [1.54, 1.807) is 6.92 Å². The number of esters is 2. The standard InChI is InChI=1S/C24H32N2O7/c1-4-15(3)18(25-21(27)19-20(33-19)24(30)31-5-2)22(28)26-13-9-12-17(26)23(29)32-14-16-10-7-6-8-11-16/h6-8,10-11,15,17-20H,4-5,9,12-14H2,1-3H3,(H,25,27)/t15-,17-,18-,19-,20-/m0/s1. The minimum absolute atomic E-state index is 0.137. The van der Waals surface area contributed by atoms with Crippen molar-refractivity contribution in [3.05, 3.63) is 35.9 Å². The van der Waals surface area contributed by atoms with Crippen LogP contribution in [0.4, 0.5) is 0 Å². The van der Waals surface area contributed by atoms with Crippen LogP contribution in [0.3, 0.4) is 0 Å². The zero-order valence-electron chi connectivity index (χ0n) is 19.3. The molecule has 1 N–H and O–H groups in total. The van der Waals surface area contributed by atoms with E-state index in [9.17, 15) is 19.2 Å². The summed E-state index contributed by atoms with van der Waals surface area (Å²) in [5, 5.41) is 2.74. The van der Waals surface area contributed by atoms with Crippen molar-refractivity contribution >= 4 is 23.8 Å². The molecule has 0 bridgehead atoms. The Morgan fingerprint density at radius 3 is 2.48 bits per heavy atom. The lowest BCUT2D eigenvalue weighted by atomic mass is 9.97. The van der Waals surface area contributed by atoms with Crippen molar-refractivity contribution in [3.63, 3.8) is 0 Å². The predicted molar refractivity (Wildman–Crippen MR) is 118 cm³/mol. The summed E-state index contributed by atoms with van der Waals surface area (Å²) in [6.07, 6.45) is -0.0782. The molecule has 3 rings (SSSR count). The van der Waals surface area contributed by atoms with Crippen LogP contribution < -0.4 is 5.32 Å². The highest BCUT2D eigenvalue weighted by Crippen LogP contribution is 2.26. The third-order valence-electron chi connectivity index (χ3n) is 6.08. The number of carbonyl (C=O) groups excluding carboxylic acids is 4. The number of benzene rings is 1. The minimum atomic E-state index is -0.964. The molecule has 1 aromatic rings. The van der Waals surface area contributed by atoms with Gasteiger partial charge in [-0.25, -0.2) is 9.59 Å². The van der Waals surface area contributed by atoms with Gasteiger partial charge in [-0.1, -0.05) is 50.6 Å². The molecule has 2 amide bonds. The quantitative estimate of drug-likeness (QED) is 0.416. The molecule has 2 fully saturated rings. The normalized spacial score (nSPS) is 23.4. The van der Waals surface area contributed by atoms with Crippen LogP contribution in [0.15, 0.2) is 30.3 Å². The summed E-state index contributed by atoms with van der Waals surface area (Å²) < 4.78 is 15.5. The molecule has 9 nitrogen and oxygen atoms in total. The number of epoxide rings is 1. The van der Waals surface area contributed by atoms with E-state index < -0.39 is 42.1 Å². The van der Waals surface area contributed by atoms with Crippen molar-refractivity contribution in [1.29, 1.82) is 0 Å². The minimum Gasteiger partial charge on any atom is -0.464 e. The summed E-state index contributed by atoms with van der Waals surface area (Å²) in [6.45, 7) is 6.19. The average Bonchev–Trinajstić information content (AvgIpc) is 3.49. The molecule has 33 heavy (non-hydrogen) atoms. The van der Waals surface area contributed by atoms with Gasteiger partial charge in [0.05, 0.1) is 6.61 Å². The molecule has 1 aromatic carbocycles. The molecule has 0 radical (unpaired) electrons. The zero-order valence-corrected chi connectivity index (χ0v) is 19.3. The Morgan fingerprint density at radius 2 is 1.82 bits per heavy atom. The molecule has 5 atom stereocenters. The van der Waals surface area contributed by atoms with Crippen LogP contribution in [-0.4, -0.2) is 66.1 Å². The van der Waals surface area contributed by atoms with E-state index in [2.05, 4.69) is 5.32 Å². The fourth-order valence-corrected chi connectivity index (χ4v) is 3.91. The second-order valence-corrected chi connectivity index (χ2v) is 8.38. The van der Waals surface area contributed by atoms with Crippen molar-refractivity contribution in [2.24, 2.45) is 5.92 Å². The maximum absolute atomic E-state index is 13.4. The molecular formula is C24H32N2O7. The Hall–Kier alpha value is -2.94. The number of carbonyl (C=O) groups is 4. The van der Waals surface area contributed by atoms with Gasteiger partial charge in [-0.15, -0.1) is 0 Å². The van der Waals surface area contributed by atoms with Crippen molar-refractivity contribution in [1.82, 2.24) is 10.2 Å². The summed E-state index contributed by atoms with van der Waals surface area (Å²) in [5.74, 6) is -2.08. The monoisotopic (exact) mass is 460 g/mol. The van der Waals surface area contributed by atoms with Gasteiger partial charge in [-0.05, 0) is 31.2 Å². The van der Waals surface area contributed by atoms with Gasteiger partial charge in [-0.2, -0.15) is 0 Å². The van der Waals surface area contributed by atoms with Crippen LogP contribution in [0.1, 0.15) is 45.6 Å². The van der Waals surface area contributed by atoms with Crippen molar-refractivity contribution < 1.29 is 33.4 Å². The number of ether oxygens (including phenoxy) is 3. The highest BCUT2D eigenvalue weighted by molar-refractivity contribution is 5.96. The van der Waals surface area contributed by atoms with Gasteiger partial charge in [0.15, 0.2) is 12.2 Å². The van der Waals surface area contributed by atoms with Gasteiger partial charge in [0.2, 0.25) is 5.91 Å². The lowest BCUT2D eigenvalue weighted by Gasteiger charge is -2.31. The van der Waals surface area contributed by atoms with Crippen molar-refractivity contribution in [2.45, 2.75) is 70.9 Å². The van der Waals surface area contributed by atoms with Crippen molar-refractivity contribution in [2.75, 3.05) is 13.2 Å². The lowest BCUT2D eigenvalue weighted by Crippen LogP contribution is -2.55. The van der Waals surface area contributed by atoms with Crippen LogP contribution in [0.2, 0.25) is 0 Å².